The summed E-state index contributed by atoms with van der Waals surface area (Å²) in [6.07, 6.45) is 4.29. The monoisotopic (exact) mass is 269 g/mol. The number of hydrogen-bond acceptors (Lipinski definition) is 2. The van der Waals surface area contributed by atoms with E-state index in [1.54, 1.807) is 11.8 Å². The predicted molar refractivity (Wildman–Crippen MR) is 72.5 cm³/mol. The first-order chi connectivity index (χ1) is 8.24. The van der Waals surface area contributed by atoms with Gasteiger partial charge in [0.2, 0.25) is 5.91 Å². The topological polar surface area (TPSA) is 20.3 Å². The SMILES string of the molecule is CSc1ccc(CN(C(=O)CCl)C2CC2)cc1. The molecule has 0 unspecified atom stereocenters. The molecular weight excluding hydrogens is 254 g/mol. The zero-order valence-electron chi connectivity index (χ0n) is 9.86. The fourth-order valence-corrected chi connectivity index (χ4v) is 2.37. The summed E-state index contributed by atoms with van der Waals surface area (Å²) in [5.74, 6) is 0.127. The lowest BCUT2D eigenvalue weighted by atomic mass is 10.2. The van der Waals surface area contributed by atoms with Gasteiger partial charge < -0.3 is 4.90 Å². The van der Waals surface area contributed by atoms with Crippen LogP contribution in [0.15, 0.2) is 29.2 Å². The number of hydrogen-bond donors (Lipinski definition) is 0. The summed E-state index contributed by atoms with van der Waals surface area (Å²) in [5, 5.41) is 0. The number of benzene rings is 1. The highest BCUT2D eigenvalue weighted by molar-refractivity contribution is 7.98. The van der Waals surface area contributed by atoms with E-state index in [0.29, 0.717) is 12.6 Å². The van der Waals surface area contributed by atoms with Gasteiger partial charge in [0.15, 0.2) is 0 Å². The second kappa shape index (κ2) is 5.78. The fraction of sp³-hybridized carbons (Fsp3) is 0.462. The molecule has 92 valence electrons. The third-order valence-electron chi connectivity index (χ3n) is 2.93. The molecule has 17 heavy (non-hydrogen) atoms. The molecule has 0 bridgehead atoms. The molecule has 2 nitrogen and oxygen atoms in total. The van der Waals surface area contributed by atoms with E-state index in [-0.39, 0.29) is 11.8 Å². The van der Waals surface area contributed by atoms with E-state index in [1.165, 1.54) is 10.5 Å². The second-order valence-electron chi connectivity index (χ2n) is 4.23. The molecular formula is C13H16ClNOS. The summed E-state index contributed by atoms with van der Waals surface area (Å²) in [7, 11) is 0. The summed E-state index contributed by atoms with van der Waals surface area (Å²) in [4.78, 5) is 14.9. The second-order valence-corrected chi connectivity index (χ2v) is 5.38. The number of halogens is 1. The molecule has 0 aromatic heterocycles. The molecule has 1 fully saturated rings. The van der Waals surface area contributed by atoms with Crippen LogP contribution in [0.3, 0.4) is 0 Å². The molecule has 1 aliphatic rings. The van der Waals surface area contributed by atoms with Crippen molar-refractivity contribution in [2.24, 2.45) is 0 Å². The molecule has 1 aliphatic carbocycles. The number of nitrogens with zero attached hydrogens (tertiary/aromatic N) is 1. The van der Waals surface area contributed by atoms with Crippen molar-refractivity contribution in [2.75, 3.05) is 12.1 Å². The van der Waals surface area contributed by atoms with E-state index in [4.69, 9.17) is 11.6 Å². The third kappa shape index (κ3) is 3.39. The molecule has 0 N–H and O–H groups in total. The van der Waals surface area contributed by atoms with E-state index in [9.17, 15) is 4.79 Å². The number of carbonyl (C=O) groups excluding carboxylic acids is 1. The minimum Gasteiger partial charge on any atom is -0.334 e. The van der Waals surface area contributed by atoms with Gasteiger partial charge in [-0.1, -0.05) is 12.1 Å². The summed E-state index contributed by atoms with van der Waals surface area (Å²) in [6.45, 7) is 0.685. The Hall–Kier alpha value is -0.670. The van der Waals surface area contributed by atoms with Crippen molar-refractivity contribution in [3.8, 4) is 0 Å². The first-order valence-corrected chi connectivity index (χ1v) is 7.49. The highest BCUT2D eigenvalue weighted by Gasteiger charge is 2.31. The molecule has 0 heterocycles. The van der Waals surface area contributed by atoms with Crippen molar-refractivity contribution in [2.45, 2.75) is 30.3 Å². The lowest BCUT2D eigenvalue weighted by Crippen LogP contribution is -2.33. The molecule has 0 radical (unpaired) electrons. The number of rotatable bonds is 5. The molecule has 1 saturated carbocycles. The Labute approximate surface area is 111 Å². The summed E-state index contributed by atoms with van der Waals surface area (Å²) < 4.78 is 0. The molecule has 0 atom stereocenters. The van der Waals surface area contributed by atoms with Crippen LogP contribution >= 0.6 is 23.4 Å². The standard InChI is InChI=1S/C13H16ClNOS/c1-17-12-6-2-10(3-7-12)9-15(11-4-5-11)13(16)8-14/h2-3,6-7,11H,4-5,8-9H2,1H3. The molecule has 1 amide bonds. The number of alkyl halides is 1. The third-order valence-corrected chi connectivity index (χ3v) is 3.91. The van der Waals surface area contributed by atoms with Gasteiger partial charge in [0, 0.05) is 17.5 Å². The van der Waals surface area contributed by atoms with Gasteiger partial charge in [0.05, 0.1) is 0 Å². The average molecular weight is 270 g/mol. The highest BCUT2D eigenvalue weighted by atomic mass is 35.5. The van der Waals surface area contributed by atoms with Crippen molar-refractivity contribution < 1.29 is 4.79 Å². The number of amides is 1. The maximum atomic E-state index is 11.7. The number of carbonyl (C=O) groups is 1. The maximum Gasteiger partial charge on any atom is 0.238 e. The van der Waals surface area contributed by atoms with Gasteiger partial charge in [-0.15, -0.1) is 23.4 Å². The maximum absolute atomic E-state index is 11.7. The van der Waals surface area contributed by atoms with Gasteiger partial charge >= 0.3 is 0 Å². The summed E-state index contributed by atoms with van der Waals surface area (Å²) in [5.41, 5.74) is 1.17. The Bertz CT molecular complexity index is 389. The van der Waals surface area contributed by atoms with Crippen LogP contribution in [0.1, 0.15) is 18.4 Å². The van der Waals surface area contributed by atoms with Gasteiger partial charge in [0.25, 0.3) is 0 Å². The van der Waals surface area contributed by atoms with Crippen LogP contribution in [-0.4, -0.2) is 29.0 Å². The van der Waals surface area contributed by atoms with Crippen LogP contribution in [0.4, 0.5) is 0 Å². The molecule has 1 aromatic rings. The quantitative estimate of drug-likeness (QED) is 0.605. The lowest BCUT2D eigenvalue weighted by Gasteiger charge is -2.21. The molecule has 2 rings (SSSR count). The van der Waals surface area contributed by atoms with Gasteiger partial charge in [-0.2, -0.15) is 0 Å². The van der Waals surface area contributed by atoms with Crippen LogP contribution in [0.5, 0.6) is 0 Å². The Balaban J connectivity index is 2.03. The first kappa shape index (κ1) is 12.8. The van der Waals surface area contributed by atoms with Gasteiger partial charge in [-0.25, -0.2) is 0 Å². The van der Waals surface area contributed by atoms with E-state index in [1.807, 2.05) is 4.90 Å². The minimum absolute atomic E-state index is 0.0445. The average Bonchev–Trinajstić information content (AvgIpc) is 3.20. The van der Waals surface area contributed by atoms with Crippen molar-refractivity contribution in [1.29, 1.82) is 0 Å². The molecule has 0 saturated heterocycles. The Kier molecular flexibility index (Phi) is 4.35. The van der Waals surface area contributed by atoms with Crippen molar-refractivity contribution in [3.05, 3.63) is 29.8 Å². The van der Waals surface area contributed by atoms with E-state index < -0.39 is 0 Å². The minimum atomic E-state index is 0.0445. The molecule has 1 aromatic carbocycles. The van der Waals surface area contributed by atoms with Crippen molar-refractivity contribution in [1.82, 2.24) is 4.90 Å². The van der Waals surface area contributed by atoms with E-state index in [0.717, 1.165) is 12.8 Å². The highest BCUT2D eigenvalue weighted by Crippen LogP contribution is 2.29. The zero-order chi connectivity index (χ0) is 12.3. The molecule has 0 aliphatic heterocycles. The zero-order valence-corrected chi connectivity index (χ0v) is 11.4. The smallest absolute Gasteiger partial charge is 0.238 e. The van der Waals surface area contributed by atoms with Crippen LogP contribution in [-0.2, 0) is 11.3 Å². The Morgan fingerprint density at radius 1 is 1.41 bits per heavy atom. The Morgan fingerprint density at radius 3 is 2.53 bits per heavy atom. The van der Waals surface area contributed by atoms with Crippen LogP contribution < -0.4 is 0 Å². The normalized spacial score (nSPS) is 14.7. The summed E-state index contributed by atoms with van der Waals surface area (Å²) in [6, 6.07) is 8.78. The van der Waals surface area contributed by atoms with Crippen LogP contribution in [0.25, 0.3) is 0 Å². The van der Waals surface area contributed by atoms with Gasteiger partial charge in [-0.3, -0.25) is 4.79 Å². The first-order valence-electron chi connectivity index (χ1n) is 5.73. The van der Waals surface area contributed by atoms with Crippen molar-refractivity contribution >= 4 is 29.3 Å². The van der Waals surface area contributed by atoms with Crippen LogP contribution in [0, 0.1) is 0 Å². The van der Waals surface area contributed by atoms with Crippen molar-refractivity contribution in [3.63, 3.8) is 0 Å². The number of thioether (sulfide) groups is 1. The fourth-order valence-electron chi connectivity index (χ4n) is 1.81. The van der Waals surface area contributed by atoms with Gasteiger partial charge in [-0.05, 0) is 36.8 Å². The predicted octanol–water partition coefficient (Wildman–Crippen LogP) is 3.14. The molecule has 4 heteroatoms. The summed E-state index contributed by atoms with van der Waals surface area (Å²) >= 11 is 7.36. The Morgan fingerprint density at radius 2 is 2.06 bits per heavy atom. The van der Waals surface area contributed by atoms with Gasteiger partial charge in [0.1, 0.15) is 5.88 Å². The largest absolute Gasteiger partial charge is 0.334 e. The van der Waals surface area contributed by atoms with E-state index >= 15 is 0 Å². The molecule has 0 spiro atoms. The van der Waals surface area contributed by atoms with E-state index in [2.05, 4.69) is 30.5 Å². The lowest BCUT2D eigenvalue weighted by molar-refractivity contribution is -0.129. The van der Waals surface area contributed by atoms with Crippen LogP contribution in [0.2, 0.25) is 0 Å².